The van der Waals surface area contributed by atoms with Gasteiger partial charge in [-0.15, -0.1) is 0 Å². The molecule has 1 aromatic rings. The monoisotopic (exact) mass is 265 g/mol. The van der Waals surface area contributed by atoms with E-state index in [1.165, 1.54) is 0 Å². The molecular formula is C14H19NO4. The number of ether oxygens (including phenoxy) is 1. The van der Waals surface area contributed by atoms with Crippen LogP contribution in [0.15, 0.2) is 24.3 Å². The van der Waals surface area contributed by atoms with Crippen LogP contribution in [-0.2, 0) is 16.0 Å². The van der Waals surface area contributed by atoms with Gasteiger partial charge in [0.25, 0.3) is 0 Å². The second-order valence-corrected chi connectivity index (χ2v) is 4.41. The van der Waals surface area contributed by atoms with Crippen LogP contribution in [0.2, 0.25) is 0 Å². The van der Waals surface area contributed by atoms with Crippen molar-refractivity contribution in [1.82, 2.24) is 5.32 Å². The van der Waals surface area contributed by atoms with Gasteiger partial charge in [0.05, 0.1) is 13.5 Å². The molecule has 19 heavy (non-hydrogen) atoms. The van der Waals surface area contributed by atoms with Crippen LogP contribution in [0.3, 0.4) is 0 Å². The maximum absolute atomic E-state index is 11.6. The number of carboxylic acids is 1. The van der Waals surface area contributed by atoms with E-state index in [2.05, 4.69) is 5.32 Å². The zero-order chi connectivity index (χ0) is 14.3. The molecular weight excluding hydrogens is 246 g/mol. The summed E-state index contributed by atoms with van der Waals surface area (Å²) in [6.07, 6.45) is 0.903. The summed E-state index contributed by atoms with van der Waals surface area (Å²) in [7, 11) is 1.60. The first-order valence-electron chi connectivity index (χ1n) is 6.15. The van der Waals surface area contributed by atoms with Crippen molar-refractivity contribution >= 4 is 11.9 Å². The normalized spacial score (nSPS) is 11.7. The van der Waals surface area contributed by atoms with E-state index < -0.39 is 5.97 Å². The summed E-state index contributed by atoms with van der Waals surface area (Å²) in [5.74, 6) is -0.268. The molecule has 0 radical (unpaired) electrons. The second kappa shape index (κ2) is 7.41. The van der Waals surface area contributed by atoms with Crippen molar-refractivity contribution in [2.24, 2.45) is 0 Å². The van der Waals surface area contributed by atoms with Crippen LogP contribution < -0.4 is 10.1 Å². The molecule has 1 unspecified atom stereocenters. The van der Waals surface area contributed by atoms with Crippen LogP contribution in [0, 0.1) is 0 Å². The molecule has 0 saturated carbocycles. The molecule has 1 atom stereocenters. The van der Waals surface area contributed by atoms with Gasteiger partial charge in [-0.1, -0.05) is 12.1 Å². The third kappa shape index (κ3) is 5.90. The fraction of sp³-hybridized carbons (Fsp3) is 0.429. The number of carbonyl (C=O) groups excluding carboxylic acids is 1. The zero-order valence-corrected chi connectivity index (χ0v) is 11.2. The number of benzene rings is 1. The standard InChI is InChI=1S/C14H19NO4/c1-10(9-14(17)18)15-13(16)8-5-11-3-6-12(19-2)7-4-11/h3-4,6-7,10H,5,8-9H2,1-2H3,(H,15,16)(H,17,18). The molecule has 0 aliphatic heterocycles. The van der Waals surface area contributed by atoms with E-state index in [9.17, 15) is 9.59 Å². The number of carboxylic acid groups (broad SMARTS) is 1. The number of aryl methyl sites for hydroxylation is 1. The molecule has 1 rings (SSSR count). The first-order chi connectivity index (χ1) is 9.01. The van der Waals surface area contributed by atoms with Gasteiger partial charge < -0.3 is 15.2 Å². The number of amides is 1. The van der Waals surface area contributed by atoms with Crippen LogP contribution in [0.1, 0.15) is 25.3 Å². The van der Waals surface area contributed by atoms with Gasteiger partial charge in [0, 0.05) is 12.5 Å². The lowest BCUT2D eigenvalue weighted by Gasteiger charge is -2.11. The highest BCUT2D eigenvalue weighted by atomic mass is 16.5. The highest BCUT2D eigenvalue weighted by Crippen LogP contribution is 2.12. The number of carbonyl (C=O) groups is 2. The van der Waals surface area contributed by atoms with Crippen molar-refractivity contribution in [3.8, 4) is 5.75 Å². The minimum absolute atomic E-state index is 0.0612. The van der Waals surface area contributed by atoms with Gasteiger partial charge in [-0.05, 0) is 31.0 Å². The van der Waals surface area contributed by atoms with Gasteiger partial charge in [-0.3, -0.25) is 9.59 Å². The molecule has 0 saturated heterocycles. The molecule has 0 aliphatic rings. The number of hydrogen-bond acceptors (Lipinski definition) is 3. The summed E-state index contributed by atoms with van der Waals surface area (Å²) >= 11 is 0. The predicted octanol–water partition coefficient (Wildman–Crippen LogP) is 1.61. The third-order valence-corrected chi connectivity index (χ3v) is 2.69. The largest absolute Gasteiger partial charge is 0.497 e. The summed E-state index contributed by atoms with van der Waals surface area (Å²) in [6, 6.07) is 7.17. The molecule has 0 spiro atoms. The van der Waals surface area contributed by atoms with Crippen molar-refractivity contribution in [3.63, 3.8) is 0 Å². The molecule has 1 aromatic carbocycles. The molecule has 0 aliphatic carbocycles. The Balaban J connectivity index is 2.34. The van der Waals surface area contributed by atoms with E-state index in [0.29, 0.717) is 12.8 Å². The summed E-state index contributed by atoms with van der Waals surface area (Å²) in [5, 5.41) is 11.3. The van der Waals surface area contributed by atoms with E-state index in [1.807, 2.05) is 24.3 Å². The van der Waals surface area contributed by atoms with E-state index in [1.54, 1.807) is 14.0 Å². The van der Waals surface area contributed by atoms with Crippen LogP contribution in [0.25, 0.3) is 0 Å². The first-order valence-corrected chi connectivity index (χ1v) is 6.15. The van der Waals surface area contributed by atoms with Crippen molar-refractivity contribution in [3.05, 3.63) is 29.8 Å². The van der Waals surface area contributed by atoms with Crippen LogP contribution >= 0.6 is 0 Å². The van der Waals surface area contributed by atoms with Gasteiger partial charge >= 0.3 is 5.97 Å². The van der Waals surface area contributed by atoms with Crippen LogP contribution in [0.4, 0.5) is 0 Å². The Morgan fingerprint density at radius 2 is 1.95 bits per heavy atom. The summed E-state index contributed by atoms with van der Waals surface area (Å²) in [5.41, 5.74) is 1.04. The average molecular weight is 265 g/mol. The summed E-state index contributed by atoms with van der Waals surface area (Å²) < 4.78 is 5.05. The second-order valence-electron chi connectivity index (χ2n) is 4.41. The first kappa shape index (κ1) is 15.0. The molecule has 0 bridgehead atoms. The fourth-order valence-electron chi connectivity index (χ4n) is 1.71. The van der Waals surface area contributed by atoms with Crippen molar-refractivity contribution in [1.29, 1.82) is 0 Å². The lowest BCUT2D eigenvalue weighted by Crippen LogP contribution is -2.34. The molecule has 5 heteroatoms. The minimum Gasteiger partial charge on any atom is -0.497 e. The van der Waals surface area contributed by atoms with Crippen molar-refractivity contribution in [2.75, 3.05) is 7.11 Å². The molecule has 1 amide bonds. The topological polar surface area (TPSA) is 75.6 Å². The Labute approximate surface area is 112 Å². The number of aliphatic carboxylic acids is 1. The van der Waals surface area contributed by atoms with Gasteiger partial charge in [0.2, 0.25) is 5.91 Å². The molecule has 0 aromatic heterocycles. The SMILES string of the molecule is COc1ccc(CCC(=O)NC(C)CC(=O)O)cc1. The van der Waals surface area contributed by atoms with Gasteiger partial charge in [-0.25, -0.2) is 0 Å². The van der Waals surface area contributed by atoms with E-state index in [-0.39, 0.29) is 18.4 Å². The number of hydrogen-bond donors (Lipinski definition) is 2. The number of methoxy groups -OCH3 is 1. The van der Waals surface area contributed by atoms with E-state index in [0.717, 1.165) is 11.3 Å². The number of rotatable bonds is 7. The average Bonchev–Trinajstić information content (AvgIpc) is 2.36. The Morgan fingerprint density at radius 1 is 1.32 bits per heavy atom. The summed E-state index contributed by atoms with van der Waals surface area (Å²) in [6.45, 7) is 1.68. The lowest BCUT2D eigenvalue weighted by molar-refractivity contribution is -0.137. The van der Waals surface area contributed by atoms with Crippen LogP contribution in [0.5, 0.6) is 5.75 Å². The lowest BCUT2D eigenvalue weighted by atomic mass is 10.1. The maximum atomic E-state index is 11.6. The third-order valence-electron chi connectivity index (χ3n) is 2.69. The minimum atomic E-state index is -0.914. The Hall–Kier alpha value is -2.04. The quantitative estimate of drug-likeness (QED) is 0.785. The van der Waals surface area contributed by atoms with Gasteiger partial charge in [-0.2, -0.15) is 0 Å². The predicted molar refractivity (Wildman–Crippen MR) is 71.2 cm³/mol. The van der Waals surface area contributed by atoms with E-state index >= 15 is 0 Å². The van der Waals surface area contributed by atoms with Crippen molar-refractivity contribution < 1.29 is 19.4 Å². The van der Waals surface area contributed by atoms with Gasteiger partial charge in [0.15, 0.2) is 0 Å². The molecule has 104 valence electrons. The fourth-order valence-corrected chi connectivity index (χ4v) is 1.71. The smallest absolute Gasteiger partial charge is 0.305 e. The Bertz CT molecular complexity index is 428. The maximum Gasteiger partial charge on any atom is 0.305 e. The number of nitrogens with one attached hydrogen (secondary N) is 1. The Kier molecular flexibility index (Phi) is 5.85. The molecule has 2 N–H and O–H groups in total. The highest BCUT2D eigenvalue weighted by molar-refractivity contribution is 5.77. The molecule has 5 nitrogen and oxygen atoms in total. The highest BCUT2D eigenvalue weighted by Gasteiger charge is 2.10. The van der Waals surface area contributed by atoms with Gasteiger partial charge in [0.1, 0.15) is 5.75 Å². The Morgan fingerprint density at radius 3 is 2.47 bits per heavy atom. The zero-order valence-electron chi connectivity index (χ0n) is 11.2. The molecule has 0 heterocycles. The molecule has 0 fully saturated rings. The van der Waals surface area contributed by atoms with Crippen molar-refractivity contribution in [2.45, 2.75) is 32.2 Å². The van der Waals surface area contributed by atoms with Crippen LogP contribution in [-0.4, -0.2) is 30.1 Å². The summed E-state index contributed by atoms with van der Waals surface area (Å²) in [4.78, 5) is 22.1. The van der Waals surface area contributed by atoms with E-state index in [4.69, 9.17) is 9.84 Å².